The molecule has 18 heavy (non-hydrogen) atoms. The average molecular weight is 239 g/mol. The Hall–Kier alpha value is -2.56. The van der Waals surface area contributed by atoms with Gasteiger partial charge in [-0.05, 0) is 11.6 Å². The minimum absolute atomic E-state index is 0.475. The van der Waals surface area contributed by atoms with Crippen molar-refractivity contribution in [2.45, 2.75) is 6.54 Å². The maximum absolute atomic E-state index is 5.57. The predicted molar refractivity (Wildman–Crippen MR) is 69.8 cm³/mol. The van der Waals surface area contributed by atoms with Crippen molar-refractivity contribution in [3.63, 3.8) is 0 Å². The highest BCUT2D eigenvalue weighted by Gasteiger charge is 2.05. The number of H-pyrrole nitrogens is 1. The van der Waals surface area contributed by atoms with Crippen LogP contribution in [0.1, 0.15) is 5.56 Å². The number of nitrogens with one attached hydrogen (secondary N) is 1. The lowest BCUT2D eigenvalue weighted by Gasteiger charge is -2.00. The highest BCUT2D eigenvalue weighted by Crippen LogP contribution is 2.16. The number of hydrogen-bond donors (Lipinski definition) is 2. The van der Waals surface area contributed by atoms with E-state index in [-0.39, 0.29) is 0 Å². The summed E-state index contributed by atoms with van der Waals surface area (Å²) >= 11 is 0. The second-order valence-corrected chi connectivity index (χ2v) is 4.09. The van der Waals surface area contributed by atoms with E-state index in [0.717, 1.165) is 17.9 Å². The highest BCUT2D eigenvalue weighted by atomic mass is 15.3. The van der Waals surface area contributed by atoms with Gasteiger partial charge in [0.05, 0.1) is 12.2 Å². The summed E-state index contributed by atoms with van der Waals surface area (Å²) in [5, 5.41) is 11.2. The van der Waals surface area contributed by atoms with E-state index in [1.165, 1.54) is 5.56 Å². The topological polar surface area (TPSA) is 72.5 Å². The normalized spacial score (nSPS) is 10.7. The van der Waals surface area contributed by atoms with E-state index in [2.05, 4.69) is 27.4 Å². The van der Waals surface area contributed by atoms with Crippen molar-refractivity contribution in [1.82, 2.24) is 20.0 Å². The van der Waals surface area contributed by atoms with Crippen molar-refractivity contribution in [2.24, 2.45) is 0 Å². The van der Waals surface area contributed by atoms with Gasteiger partial charge >= 0.3 is 0 Å². The molecule has 0 aliphatic heterocycles. The zero-order chi connectivity index (χ0) is 12.4. The second-order valence-electron chi connectivity index (χ2n) is 4.09. The fourth-order valence-corrected chi connectivity index (χ4v) is 1.83. The van der Waals surface area contributed by atoms with Crippen molar-refractivity contribution in [3.05, 3.63) is 54.2 Å². The molecule has 3 N–H and O–H groups in total. The fraction of sp³-hybridized carbons (Fsp3) is 0.0769. The Labute approximate surface area is 104 Å². The molecular weight excluding hydrogens is 226 g/mol. The minimum atomic E-state index is 0.475. The average Bonchev–Trinajstić information content (AvgIpc) is 2.99. The molecule has 5 nitrogen and oxygen atoms in total. The van der Waals surface area contributed by atoms with Gasteiger partial charge in [-0.1, -0.05) is 30.3 Å². The Morgan fingerprint density at radius 3 is 2.72 bits per heavy atom. The van der Waals surface area contributed by atoms with Gasteiger partial charge in [0, 0.05) is 12.3 Å². The number of rotatable bonds is 3. The molecule has 2 heterocycles. The number of nitrogens with zero attached hydrogens (tertiary/aromatic N) is 3. The molecule has 5 heteroatoms. The molecule has 0 unspecified atom stereocenters. The molecule has 0 fully saturated rings. The first-order valence-corrected chi connectivity index (χ1v) is 5.70. The standard InChI is InChI=1S/C13H13N5/c14-13-8-12(15-16-13)11-6-7-18(17-11)9-10-4-2-1-3-5-10/h1-8H,9H2,(H3,14,15,16). The predicted octanol–water partition coefficient (Wildman–Crippen LogP) is 1.90. The van der Waals surface area contributed by atoms with Crippen molar-refractivity contribution in [1.29, 1.82) is 0 Å². The van der Waals surface area contributed by atoms with Crippen LogP contribution < -0.4 is 5.73 Å². The first-order chi connectivity index (χ1) is 8.81. The van der Waals surface area contributed by atoms with Crippen molar-refractivity contribution < 1.29 is 0 Å². The van der Waals surface area contributed by atoms with Crippen LogP contribution in [-0.2, 0) is 6.54 Å². The molecular formula is C13H13N5. The molecule has 90 valence electrons. The minimum Gasteiger partial charge on any atom is -0.382 e. The summed E-state index contributed by atoms with van der Waals surface area (Å²) in [6.45, 7) is 0.754. The summed E-state index contributed by atoms with van der Waals surface area (Å²) in [6, 6.07) is 13.9. The van der Waals surface area contributed by atoms with E-state index < -0.39 is 0 Å². The number of hydrogen-bond acceptors (Lipinski definition) is 3. The van der Waals surface area contributed by atoms with E-state index in [4.69, 9.17) is 5.73 Å². The molecule has 0 spiro atoms. The van der Waals surface area contributed by atoms with Crippen LogP contribution in [0, 0.1) is 0 Å². The van der Waals surface area contributed by atoms with Crippen molar-refractivity contribution >= 4 is 5.82 Å². The summed E-state index contributed by atoms with van der Waals surface area (Å²) in [7, 11) is 0. The molecule has 3 aromatic rings. The van der Waals surface area contributed by atoms with E-state index >= 15 is 0 Å². The third-order valence-corrected chi connectivity index (χ3v) is 2.70. The summed E-state index contributed by atoms with van der Waals surface area (Å²) in [5.41, 5.74) is 8.46. The Bertz CT molecular complexity index is 638. The van der Waals surface area contributed by atoms with Crippen molar-refractivity contribution in [2.75, 3.05) is 5.73 Å². The first-order valence-electron chi connectivity index (χ1n) is 5.70. The van der Waals surface area contributed by atoms with Gasteiger partial charge in [0.2, 0.25) is 0 Å². The SMILES string of the molecule is Nc1cc(-c2ccn(Cc3ccccc3)n2)[nH]n1. The van der Waals surface area contributed by atoms with Crippen LogP contribution in [0.15, 0.2) is 48.7 Å². The molecule has 0 saturated heterocycles. The largest absolute Gasteiger partial charge is 0.382 e. The zero-order valence-corrected chi connectivity index (χ0v) is 9.74. The molecule has 2 aromatic heterocycles. The van der Waals surface area contributed by atoms with E-state index in [1.807, 2.05) is 35.1 Å². The third-order valence-electron chi connectivity index (χ3n) is 2.70. The van der Waals surface area contributed by atoms with E-state index in [1.54, 1.807) is 6.07 Å². The van der Waals surface area contributed by atoms with E-state index in [0.29, 0.717) is 5.82 Å². The Kier molecular flexibility index (Phi) is 2.57. The molecule has 3 rings (SSSR count). The summed E-state index contributed by atoms with van der Waals surface area (Å²) in [5.74, 6) is 0.475. The lowest BCUT2D eigenvalue weighted by Crippen LogP contribution is -2.00. The molecule has 1 aromatic carbocycles. The maximum Gasteiger partial charge on any atom is 0.145 e. The lowest BCUT2D eigenvalue weighted by atomic mass is 10.2. The Morgan fingerprint density at radius 2 is 2.00 bits per heavy atom. The Morgan fingerprint density at radius 1 is 1.17 bits per heavy atom. The van der Waals surface area contributed by atoms with Gasteiger partial charge in [0.15, 0.2) is 0 Å². The number of nitrogen functional groups attached to an aromatic ring is 1. The second kappa shape index (κ2) is 4.37. The monoisotopic (exact) mass is 239 g/mol. The number of nitrogens with two attached hydrogens (primary N) is 1. The maximum atomic E-state index is 5.57. The zero-order valence-electron chi connectivity index (χ0n) is 9.74. The number of aromatic nitrogens is 4. The van der Waals surface area contributed by atoms with E-state index in [9.17, 15) is 0 Å². The fourth-order valence-electron chi connectivity index (χ4n) is 1.83. The van der Waals surface area contributed by atoms with Crippen LogP contribution in [0.3, 0.4) is 0 Å². The van der Waals surface area contributed by atoms with Gasteiger partial charge in [-0.25, -0.2) is 0 Å². The first kappa shape index (κ1) is 10.6. The van der Waals surface area contributed by atoms with Gasteiger partial charge in [0.1, 0.15) is 11.5 Å². The number of anilines is 1. The molecule has 0 amide bonds. The molecule has 0 bridgehead atoms. The molecule has 0 aliphatic carbocycles. The van der Waals surface area contributed by atoms with Gasteiger partial charge < -0.3 is 5.73 Å². The summed E-state index contributed by atoms with van der Waals surface area (Å²) in [4.78, 5) is 0. The van der Waals surface area contributed by atoms with Gasteiger partial charge in [-0.2, -0.15) is 10.2 Å². The third kappa shape index (κ3) is 2.10. The van der Waals surface area contributed by atoms with Crippen LogP contribution in [-0.4, -0.2) is 20.0 Å². The van der Waals surface area contributed by atoms with Gasteiger partial charge in [-0.3, -0.25) is 9.78 Å². The summed E-state index contributed by atoms with van der Waals surface area (Å²) in [6.07, 6.45) is 1.94. The quantitative estimate of drug-likeness (QED) is 0.733. The molecule has 0 saturated carbocycles. The van der Waals surface area contributed by atoms with Crippen LogP contribution in [0.4, 0.5) is 5.82 Å². The van der Waals surface area contributed by atoms with Gasteiger partial charge in [0.25, 0.3) is 0 Å². The van der Waals surface area contributed by atoms with Crippen LogP contribution in [0.2, 0.25) is 0 Å². The molecule has 0 atom stereocenters. The lowest BCUT2D eigenvalue weighted by molar-refractivity contribution is 0.689. The smallest absolute Gasteiger partial charge is 0.145 e. The number of benzene rings is 1. The molecule has 0 radical (unpaired) electrons. The Balaban J connectivity index is 1.82. The summed E-state index contributed by atoms with van der Waals surface area (Å²) < 4.78 is 1.89. The molecule has 0 aliphatic rings. The van der Waals surface area contributed by atoms with Crippen LogP contribution >= 0.6 is 0 Å². The van der Waals surface area contributed by atoms with Crippen LogP contribution in [0.5, 0.6) is 0 Å². The van der Waals surface area contributed by atoms with Crippen molar-refractivity contribution in [3.8, 4) is 11.4 Å². The van der Waals surface area contributed by atoms with Crippen LogP contribution in [0.25, 0.3) is 11.4 Å². The number of aromatic amines is 1. The highest BCUT2D eigenvalue weighted by molar-refractivity contribution is 5.57. The van der Waals surface area contributed by atoms with Gasteiger partial charge in [-0.15, -0.1) is 0 Å².